The molecule has 0 fully saturated rings. The van der Waals surface area contributed by atoms with Gasteiger partial charge in [0.25, 0.3) is 5.69 Å². The number of hydrogen-bond donors (Lipinski definition) is 2. The number of nitro groups is 1. The maximum atomic E-state index is 10.8. The molecule has 0 unspecified atom stereocenters. The molecule has 7 nitrogen and oxygen atoms in total. The molecule has 110 valence electrons. The third-order valence-corrected chi connectivity index (χ3v) is 3.25. The molecule has 0 atom stereocenters. The number of nitrogens with zero attached hydrogens (tertiary/aromatic N) is 3. The van der Waals surface area contributed by atoms with Gasteiger partial charge in [-0.3, -0.25) is 15.2 Å². The number of aromatic amines is 1. The fourth-order valence-corrected chi connectivity index (χ4v) is 2.16. The van der Waals surface area contributed by atoms with E-state index >= 15 is 0 Å². The summed E-state index contributed by atoms with van der Waals surface area (Å²) in [5, 5.41) is 27.9. The van der Waals surface area contributed by atoms with Gasteiger partial charge in [-0.2, -0.15) is 5.10 Å². The van der Waals surface area contributed by atoms with Gasteiger partial charge in [0.2, 0.25) is 0 Å². The van der Waals surface area contributed by atoms with E-state index in [0.717, 1.165) is 0 Å². The van der Waals surface area contributed by atoms with Crippen LogP contribution in [0.1, 0.15) is 0 Å². The summed E-state index contributed by atoms with van der Waals surface area (Å²) in [6.45, 7) is 0. The molecule has 1 heterocycles. The largest absolute Gasteiger partial charge is 0.507 e. The van der Waals surface area contributed by atoms with Crippen molar-refractivity contribution in [1.29, 1.82) is 0 Å². The summed E-state index contributed by atoms with van der Waals surface area (Å²) in [5.41, 5.74) is 0.753. The minimum absolute atomic E-state index is 0.126. The van der Waals surface area contributed by atoms with E-state index in [4.69, 9.17) is 11.6 Å². The number of H-pyrrole nitrogens is 1. The van der Waals surface area contributed by atoms with E-state index in [1.165, 1.54) is 18.2 Å². The molecule has 0 saturated heterocycles. The van der Waals surface area contributed by atoms with Gasteiger partial charge in [0, 0.05) is 22.7 Å². The van der Waals surface area contributed by atoms with E-state index in [2.05, 4.69) is 15.2 Å². The second-order valence-corrected chi connectivity index (χ2v) is 4.91. The average molecular weight is 317 g/mol. The van der Waals surface area contributed by atoms with E-state index in [1.807, 2.05) is 0 Å². The normalized spacial score (nSPS) is 10.6. The number of rotatable bonds is 3. The maximum Gasteiger partial charge on any atom is 0.270 e. The van der Waals surface area contributed by atoms with Gasteiger partial charge in [-0.25, -0.2) is 4.98 Å². The second kappa shape index (κ2) is 5.45. The van der Waals surface area contributed by atoms with Gasteiger partial charge in [0.05, 0.1) is 10.5 Å². The molecule has 8 heteroatoms. The van der Waals surface area contributed by atoms with Crippen molar-refractivity contribution < 1.29 is 10.0 Å². The first kappa shape index (κ1) is 14.0. The summed E-state index contributed by atoms with van der Waals surface area (Å²) in [6, 6.07) is 10.7. The lowest BCUT2D eigenvalue weighted by Crippen LogP contribution is -1.89. The summed E-state index contributed by atoms with van der Waals surface area (Å²) in [7, 11) is 0. The molecule has 0 aliphatic rings. The van der Waals surface area contributed by atoms with Crippen LogP contribution >= 0.6 is 11.6 Å². The van der Waals surface area contributed by atoms with Crippen molar-refractivity contribution in [2.24, 2.45) is 0 Å². The number of phenols is 1. The Kier molecular flexibility index (Phi) is 3.48. The van der Waals surface area contributed by atoms with Gasteiger partial charge in [-0.15, -0.1) is 0 Å². The number of benzene rings is 2. The first-order valence-corrected chi connectivity index (χ1v) is 6.58. The topological polar surface area (TPSA) is 105 Å². The van der Waals surface area contributed by atoms with E-state index in [9.17, 15) is 15.2 Å². The Morgan fingerprint density at radius 3 is 2.77 bits per heavy atom. The molecule has 3 rings (SSSR count). The number of nitrogens with one attached hydrogen (secondary N) is 1. The smallest absolute Gasteiger partial charge is 0.270 e. The fourth-order valence-electron chi connectivity index (χ4n) is 1.97. The quantitative estimate of drug-likeness (QED) is 0.569. The van der Waals surface area contributed by atoms with Crippen LogP contribution in [0.25, 0.3) is 22.8 Å². The lowest BCUT2D eigenvalue weighted by atomic mass is 10.1. The van der Waals surface area contributed by atoms with Crippen molar-refractivity contribution in [2.45, 2.75) is 0 Å². The number of aromatic nitrogens is 3. The molecule has 0 saturated carbocycles. The zero-order valence-electron chi connectivity index (χ0n) is 11.0. The summed E-state index contributed by atoms with van der Waals surface area (Å²) in [6.07, 6.45) is 0. The molecule has 0 aliphatic heterocycles. The first-order valence-electron chi connectivity index (χ1n) is 6.21. The first-order chi connectivity index (χ1) is 10.5. The van der Waals surface area contributed by atoms with Crippen LogP contribution < -0.4 is 0 Å². The fraction of sp³-hybridized carbons (Fsp3) is 0. The maximum absolute atomic E-state index is 10.8. The van der Waals surface area contributed by atoms with Crippen molar-refractivity contribution in [3.63, 3.8) is 0 Å². The molecule has 3 aromatic rings. The van der Waals surface area contributed by atoms with Crippen LogP contribution in [0.3, 0.4) is 0 Å². The van der Waals surface area contributed by atoms with Gasteiger partial charge in [-0.1, -0.05) is 23.7 Å². The van der Waals surface area contributed by atoms with E-state index < -0.39 is 4.92 Å². The Bertz CT molecular complexity index is 863. The lowest BCUT2D eigenvalue weighted by molar-refractivity contribution is -0.384. The minimum Gasteiger partial charge on any atom is -0.507 e. The number of halogens is 1. The minimum atomic E-state index is -0.544. The summed E-state index contributed by atoms with van der Waals surface area (Å²) in [5.74, 6) is 0.485. The number of non-ortho nitro benzene ring substituents is 1. The Morgan fingerprint density at radius 1 is 1.23 bits per heavy atom. The van der Waals surface area contributed by atoms with Crippen LogP contribution in [0, 0.1) is 10.1 Å². The van der Waals surface area contributed by atoms with Crippen molar-refractivity contribution in [3.05, 3.63) is 57.6 Å². The predicted molar refractivity (Wildman–Crippen MR) is 80.6 cm³/mol. The van der Waals surface area contributed by atoms with Crippen molar-refractivity contribution in [3.8, 4) is 28.5 Å². The third kappa shape index (κ3) is 2.61. The van der Waals surface area contributed by atoms with Crippen molar-refractivity contribution in [1.82, 2.24) is 15.2 Å². The number of aromatic hydroxyl groups is 1. The summed E-state index contributed by atoms with van der Waals surface area (Å²) in [4.78, 5) is 14.5. The zero-order valence-corrected chi connectivity index (χ0v) is 11.8. The molecule has 0 radical (unpaired) electrons. The van der Waals surface area contributed by atoms with Crippen molar-refractivity contribution in [2.75, 3.05) is 0 Å². The highest BCUT2D eigenvalue weighted by molar-refractivity contribution is 6.30. The Labute approximate surface area is 129 Å². The average Bonchev–Trinajstić information content (AvgIpc) is 2.97. The molecular formula is C14H9ClN4O3. The third-order valence-electron chi connectivity index (χ3n) is 3.01. The SMILES string of the molecule is O=[N+]([O-])c1ccc(O)c(-c2nc(-c3cccc(Cl)c3)n[nH]2)c1. The molecule has 0 aliphatic carbocycles. The molecular weight excluding hydrogens is 308 g/mol. The van der Waals surface area contributed by atoms with Gasteiger partial charge < -0.3 is 5.11 Å². The summed E-state index contributed by atoms with van der Waals surface area (Å²) >= 11 is 5.92. The van der Waals surface area contributed by atoms with Crippen molar-refractivity contribution >= 4 is 17.3 Å². The molecule has 0 amide bonds. The van der Waals surface area contributed by atoms with Crippen LogP contribution in [0.4, 0.5) is 5.69 Å². The predicted octanol–water partition coefficient (Wildman–Crippen LogP) is 3.41. The van der Waals surface area contributed by atoms with Gasteiger partial charge in [0.1, 0.15) is 5.75 Å². The van der Waals surface area contributed by atoms with Crippen LogP contribution in [0.2, 0.25) is 5.02 Å². The lowest BCUT2D eigenvalue weighted by Gasteiger charge is -2.00. The van der Waals surface area contributed by atoms with Crippen LogP contribution in [0.5, 0.6) is 5.75 Å². The molecule has 1 aromatic heterocycles. The number of phenolic OH excluding ortho intramolecular Hbond substituents is 1. The Hall–Kier alpha value is -2.93. The van der Waals surface area contributed by atoms with E-state index in [0.29, 0.717) is 16.4 Å². The van der Waals surface area contributed by atoms with E-state index in [-0.39, 0.29) is 22.8 Å². The standard InChI is InChI=1S/C14H9ClN4O3/c15-9-3-1-2-8(6-9)13-16-14(18-17-13)11-7-10(19(21)22)4-5-12(11)20/h1-7,20H,(H,16,17,18). The van der Waals surface area contributed by atoms with Crippen LogP contribution in [-0.4, -0.2) is 25.2 Å². The van der Waals surface area contributed by atoms with Crippen LogP contribution in [0.15, 0.2) is 42.5 Å². The van der Waals surface area contributed by atoms with Crippen LogP contribution in [-0.2, 0) is 0 Å². The molecule has 0 bridgehead atoms. The zero-order chi connectivity index (χ0) is 15.7. The Morgan fingerprint density at radius 2 is 2.05 bits per heavy atom. The molecule has 22 heavy (non-hydrogen) atoms. The molecule has 2 aromatic carbocycles. The van der Waals surface area contributed by atoms with Gasteiger partial charge >= 0.3 is 0 Å². The Balaban J connectivity index is 2.04. The highest BCUT2D eigenvalue weighted by atomic mass is 35.5. The number of hydrogen-bond acceptors (Lipinski definition) is 5. The van der Waals surface area contributed by atoms with Gasteiger partial charge in [-0.05, 0) is 18.2 Å². The highest BCUT2D eigenvalue weighted by Gasteiger charge is 2.15. The summed E-state index contributed by atoms with van der Waals surface area (Å²) < 4.78 is 0. The highest BCUT2D eigenvalue weighted by Crippen LogP contribution is 2.31. The van der Waals surface area contributed by atoms with Gasteiger partial charge in [0.15, 0.2) is 11.6 Å². The molecule has 2 N–H and O–H groups in total. The van der Waals surface area contributed by atoms with E-state index in [1.54, 1.807) is 24.3 Å². The monoisotopic (exact) mass is 316 g/mol. The number of nitro benzene ring substituents is 1. The molecule has 0 spiro atoms. The second-order valence-electron chi connectivity index (χ2n) is 4.48.